The van der Waals surface area contributed by atoms with E-state index in [9.17, 15) is 9.90 Å². The summed E-state index contributed by atoms with van der Waals surface area (Å²) in [6.07, 6.45) is 11.5. The fourth-order valence-corrected chi connectivity index (χ4v) is 6.32. The van der Waals surface area contributed by atoms with Crippen LogP contribution in [0.4, 0.5) is 0 Å². The Morgan fingerprint density at radius 1 is 0.521 bits per heavy atom. The van der Waals surface area contributed by atoms with Crippen molar-refractivity contribution in [3.8, 4) is 0 Å². The largest absolute Gasteiger partial charge is 0.459 e. The Morgan fingerprint density at radius 2 is 0.917 bits per heavy atom. The first-order valence-electron chi connectivity index (χ1n) is 17.9. The summed E-state index contributed by atoms with van der Waals surface area (Å²) in [4.78, 5) is 12.7. The van der Waals surface area contributed by atoms with Crippen LogP contribution < -0.4 is 0 Å². The summed E-state index contributed by atoms with van der Waals surface area (Å²) in [6.45, 7) is 2.11. The molecule has 8 atom stereocenters. The van der Waals surface area contributed by atoms with Gasteiger partial charge in [-0.2, -0.15) is 0 Å². The Bertz CT molecular complexity index is 887. The zero-order valence-electron chi connectivity index (χ0n) is 31.2. The summed E-state index contributed by atoms with van der Waals surface area (Å²) in [5.74, 6) is -0.415. The van der Waals surface area contributed by atoms with Gasteiger partial charge in [0.2, 0.25) is 0 Å². The number of unbranched alkanes of at least 4 members (excludes halogenated alkanes) is 2. The first-order valence-corrected chi connectivity index (χ1v) is 17.9. The second kappa shape index (κ2) is 28.1. The molecule has 1 N–H and O–H groups in total. The van der Waals surface area contributed by atoms with Crippen LogP contribution in [-0.4, -0.2) is 116 Å². The number of aliphatic hydroxyl groups is 1. The molecule has 0 saturated heterocycles. The molecule has 0 aliphatic carbocycles. The lowest BCUT2D eigenvalue weighted by Crippen LogP contribution is -2.33. The molecule has 1 aromatic carbocycles. The molecule has 0 amide bonds. The standard InChI is InChI=1S/C38H68O10/c1-9-16-30(41-2)19-14-11-15-20-31(42-3)23-33(43-4)25-35(45-6)27-37(47-8)28-36(46-7)26-34(44-5)24-32(21-22-39)48-38(40)29-17-12-10-13-18-29/h10,12-13,17-18,30-37,39H,9,11,14-16,19-28H2,1-8H3/t30-,31-,32+,33-,34+,35-,36+,37-/m1/s1. The number of esters is 1. The van der Waals surface area contributed by atoms with Crippen molar-refractivity contribution in [2.45, 2.75) is 146 Å². The van der Waals surface area contributed by atoms with Crippen LogP contribution in [0.15, 0.2) is 30.3 Å². The predicted octanol–water partition coefficient (Wildman–Crippen LogP) is 6.79. The zero-order chi connectivity index (χ0) is 35.6. The third kappa shape index (κ3) is 18.9. The fraction of sp³-hybridized carbons (Fsp3) is 0.816. The van der Waals surface area contributed by atoms with Gasteiger partial charge in [-0.25, -0.2) is 4.79 Å². The topological polar surface area (TPSA) is 111 Å². The molecular weight excluding hydrogens is 616 g/mol. The van der Waals surface area contributed by atoms with E-state index in [1.165, 1.54) is 12.8 Å². The molecule has 1 aromatic rings. The summed E-state index contributed by atoms with van der Waals surface area (Å²) >= 11 is 0. The van der Waals surface area contributed by atoms with E-state index in [4.69, 9.17) is 37.9 Å². The molecule has 0 spiro atoms. The lowest BCUT2D eigenvalue weighted by atomic mass is 9.95. The first-order chi connectivity index (χ1) is 23.3. The van der Waals surface area contributed by atoms with Crippen molar-refractivity contribution in [3.63, 3.8) is 0 Å². The van der Waals surface area contributed by atoms with Gasteiger partial charge in [0.1, 0.15) is 6.10 Å². The summed E-state index contributed by atoms with van der Waals surface area (Å²) < 4.78 is 46.6. The van der Waals surface area contributed by atoms with Crippen LogP contribution in [0.3, 0.4) is 0 Å². The Morgan fingerprint density at radius 3 is 1.31 bits per heavy atom. The van der Waals surface area contributed by atoms with Crippen LogP contribution in [0.25, 0.3) is 0 Å². The average Bonchev–Trinajstić information content (AvgIpc) is 3.11. The molecule has 48 heavy (non-hydrogen) atoms. The van der Waals surface area contributed by atoms with Crippen LogP contribution in [-0.2, 0) is 37.9 Å². The van der Waals surface area contributed by atoms with E-state index in [1.807, 2.05) is 13.2 Å². The molecule has 10 nitrogen and oxygen atoms in total. The molecule has 0 fully saturated rings. The third-order valence-corrected chi connectivity index (χ3v) is 9.39. The number of methoxy groups -OCH3 is 7. The minimum atomic E-state index is -0.489. The number of ether oxygens (including phenoxy) is 8. The van der Waals surface area contributed by atoms with Crippen molar-refractivity contribution in [1.29, 1.82) is 0 Å². The SMILES string of the molecule is CCC[C@H](CCCCC[C@H](C[C@H](C[C@H](C[C@H](C[C@H](C[C@H](C[C@H](CCO)OC(=O)c1ccccc1)OC)OC)OC)OC)OC)OC)OC. The highest BCUT2D eigenvalue weighted by Crippen LogP contribution is 2.24. The van der Waals surface area contributed by atoms with Crippen molar-refractivity contribution in [3.05, 3.63) is 35.9 Å². The van der Waals surface area contributed by atoms with Gasteiger partial charge in [-0.15, -0.1) is 0 Å². The number of benzene rings is 1. The minimum absolute atomic E-state index is 0.00187. The molecular formula is C38H68O10. The van der Waals surface area contributed by atoms with E-state index in [0.29, 0.717) is 43.8 Å². The highest BCUT2D eigenvalue weighted by molar-refractivity contribution is 5.89. The maximum absolute atomic E-state index is 12.7. The molecule has 0 aromatic heterocycles. The second-order valence-corrected chi connectivity index (χ2v) is 12.8. The van der Waals surface area contributed by atoms with E-state index >= 15 is 0 Å². The highest BCUT2D eigenvalue weighted by Gasteiger charge is 2.28. The third-order valence-electron chi connectivity index (χ3n) is 9.39. The lowest BCUT2D eigenvalue weighted by Gasteiger charge is -2.30. The molecule has 0 saturated carbocycles. The average molecular weight is 685 g/mol. The Hall–Kier alpha value is -1.63. The Balaban J connectivity index is 2.66. The normalized spacial score (nSPS) is 16.9. The van der Waals surface area contributed by atoms with Gasteiger partial charge in [0.15, 0.2) is 0 Å². The summed E-state index contributed by atoms with van der Waals surface area (Å²) in [7, 11) is 12.1. The van der Waals surface area contributed by atoms with Crippen molar-refractivity contribution < 1.29 is 47.8 Å². The number of carbonyl (C=O) groups excluding carboxylic acids is 1. The van der Waals surface area contributed by atoms with Gasteiger partial charge in [0, 0.05) is 69.2 Å². The molecule has 10 heteroatoms. The smallest absolute Gasteiger partial charge is 0.338 e. The maximum atomic E-state index is 12.7. The van der Waals surface area contributed by atoms with Crippen molar-refractivity contribution in [1.82, 2.24) is 0 Å². The van der Waals surface area contributed by atoms with Gasteiger partial charge in [0.05, 0.1) is 48.3 Å². The number of rotatable bonds is 31. The monoisotopic (exact) mass is 684 g/mol. The van der Waals surface area contributed by atoms with Gasteiger partial charge < -0.3 is 43.0 Å². The molecule has 0 radical (unpaired) electrons. The second-order valence-electron chi connectivity index (χ2n) is 12.8. The van der Waals surface area contributed by atoms with Gasteiger partial charge in [0.25, 0.3) is 0 Å². The summed E-state index contributed by atoms with van der Waals surface area (Å²) in [6, 6.07) is 8.86. The molecule has 0 aliphatic rings. The van der Waals surface area contributed by atoms with E-state index < -0.39 is 12.1 Å². The first kappa shape index (κ1) is 44.4. The maximum Gasteiger partial charge on any atom is 0.338 e. The van der Waals surface area contributed by atoms with Crippen molar-refractivity contribution >= 4 is 5.97 Å². The minimum Gasteiger partial charge on any atom is -0.459 e. The van der Waals surface area contributed by atoms with E-state index in [2.05, 4.69) is 6.92 Å². The van der Waals surface area contributed by atoms with Crippen molar-refractivity contribution in [2.24, 2.45) is 0 Å². The number of hydrogen-bond acceptors (Lipinski definition) is 10. The van der Waals surface area contributed by atoms with Crippen molar-refractivity contribution in [2.75, 3.05) is 56.4 Å². The predicted molar refractivity (Wildman–Crippen MR) is 189 cm³/mol. The number of carbonyl (C=O) groups is 1. The molecule has 1 rings (SSSR count). The van der Waals surface area contributed by atoms with Gasteiger partial charge >= 0.3 is 5.97 Å². The Kier molecular flexibility index (Phi) is 26.0. The van der Waals surface area contributed by atoms with E-state index in [0.717, 1.165) is 44.9 Å². The van der Waals surface area contributed by atoms with Crippen LogP contribution >= 0.6 is 0 Å². The fourth-order valence-electron chi connectivity index (χ4n) is 6.32. The zero-order valence-corrected chi connectivity index (χ0v) is 31.2. The molecule has 0 unspecified atom stereocenters. The van der Waals surface area contributed by atoms with E-state index in [1.54, 1.807) is 66.9 Å². The van der Waals surface area contributed by atoms with Crippen LogP contribution in [0.2, 0.25) is 0 Å². The van der Waals surface area contributed by atoms with Crippen LogP contribution in [0.1, 0.15) is 107 Å². The summed E-state index contributed by atoms with van der Waals surface area (Å²) in [5.41, 5.74) is 0.474. The summed E-state index contributed by atoms with van der Waals surface area (Å²) in [5, 5.41) is 9.63. The van der Waals surface area contributed by atoms with Crippen LogP contribution in [0.5, 0.6) is 0 Å². The Labute approximate surface area is 291 Å². The lowest BCUT2D eigenvalue weighted by molar-refractivity contribution is -0.0536. The number of hydrogen-bond donors (Lipinski definition) is 1. The number of aliphatic hydroxyl groups excluding tert-OH is 1. The van der Waals surface area contributed by atoms with Gasteiger partial charge in [-0.3, -0.25) is 0 Å². The van der Waals surface area contributed by atoms with Crippen LogP contribution in [0, 0.1) is 0 Å². The van der Waals surface area contributed by atoms with Gasteiger partial charge in [-0.05, 0) is 63.5 Å². The molecule has 280 valence electrons. The van der Waals surface area contributed by atoms with Gasteiger partial charge in [-0.1, -0.05) is 50.8 Å². The highest BCUT2D eigenvalue weighted by atomic mass is 16.5. The quantitative estimate of drug-likeness (QED) is 0.0663. The molecule has 0 heterocycles. The van der Waals surface area contributed by atoms with E-state index in [-0.39, 0.29) is 43.2 Å². The molecule has 0 aliphatic heterocycles. The molecule has 0 bridgehead atoms.